The Bertz CT molecular complexity index is 1290. The summed E-state index contributed by atoms with van der Waals surface area (Å²) in [6.45, 7) is 7.86. The molecule has 0 amide bonds. The first kappa shape index (κ1) is 29.4. The maximum atomic E-state index is 12.8. The molecule has 0 heterocycles. The van der Waals surface area contributed by atoms with E-state index in [0.717, 1.165) is 53.5 Å². The second-order valence-electron chi connectivity index (χ2n) is 11.0. The third-order valence-electron chi connectivity index (χ3n) is 8.84. The Morgan fingerprint density at radius 2 is 1.62 bits per heavy atom. The topological polar surface area (TPSA) is 108 Å². The van der Waals surface area contributed by atoms with Crippen molar-refractivity contribution in [1.29, 1.82) is 0 Å². The average Bonchev–Trinajstić information content (AvgIpc) is 3.25. The quantitative estimate of drug-likeness (QED) is 0.0939. The Morgan fingerprint density at radius 1 is 0.975 bits per heavy atom. The first-order chi connectivity index (χ1) is 19.2. The molecule has 0 radical (unpaired) electrons. The molecule has 214 valence electrons. The van der Waals surface area contributed by atoms with Gasteiger partial charge in [-0.25, -0.2) is 4.79 Å². The molecular weight excluding hydrogens is 508 g/mol. The number of nitro groups is 1. The molecule has 0 spiro atoms. The number of nitro benzene ring substituents is 1. The number of benzene rings is 2. The number of ether oxygens (including phenoxy) is 1. The molecule has 1 fully saturated rings. The second-order valence-corrected chi connectivity index (χ2v) is 11.0. The van der Waals surface area contributed by atoms with Crippen molar-refractivity contribution in [2.75, 3.05) is 0 Å². The van der Waals surface area contributed by atoms with Crippen molar-refractivity contribution >= 4 is 23.3 Å². The van der Waals surface area contributed by atoms with E-state index in [0.29, 0.717) is 11.6 Å². The van der Waals surface area contributed by atoms with Crippen molar-refractivity contribution in [2.45, 2.75) is 103 Å². The number of carbonyl (C=O) groups is 2. The average molecular weight is 549 g/mol. The fourth-order valence-corrected chi connectivity index (χ4v) is 6.39. The molecule has 1 saturated carbocycles. The highest BCUT2D eigenvalue weighted by molar-refractivity contribution is 6.03. The van der Waals surface area contributed by atoms with Gasteiger partial charge in [-0.05, 0) is 78.5 Å². The highest BCUT2D eigenvalue weighted by Gasteiger charge is 2.41. The zero-order valence-corrected chi connectivity index (χ0v) is 24.0. The van der Waals surface area contributed by atoms with E-state index in [4.69, 9.17) is 9.57 Å². The van der Waals surface area contributed by atoms with Gasteiger partial charge in [0, 0.05) is 30.4 Å². The predicted molar refractivity (Wildman–Crippen MR) is 154 cm³/mol. The van der Waals surface area contributed by atoms with Crippen LogP contribution in [-0.4, -0.2) is 28.7 Å². The van der Waals surface area contributed by atoms with Crippen LogP contribution in [-0.2, 0) is 24.6 Å². The summed E-state index contributed by atoms with van der Waals surface area (Å²) in [5.74, 6) is -0.338. The van der Waals surface area contributed by atoms with Gasteiger partial charge in [0.25, 0.3) is 5.69 Å². The number of esters is 1. The minimum Gasteiger partial charge on any atom is -0.462 e. The van der Waals surface area contributed by atoms with Gasteiger partial charge in [0.1, 0.15) is 6.10 Å². The largest absolute Gasteiger partial charge is 0.462 e. The van der Waals surface area contributed by atoms with E-state index < -0.39 is 11.4 Å². The zero-order valence-electron chi connectivity index (χ0n) is 24.0. The lowest BCUT2D eigenvalue weighted by atomic mass is 9.73. The second kappa shape index (κ2) is 12.7. The van der Waals surface area contributed by atoms with Crippen molar-refractivity contribution in [3.05, 3.63) is 63.2 Å². The Morgan fingerprint density at radius 3 is 2.25 bits per heavy atom. The smallest absolute Gasteiger partial charge is 0.334 e. The third-order valence-corrected chi connectivity index (χ3v) is 8.84. The third kappa shape index (κ3) is 5.96. The number of hydrogen-bond donors (Lipinski definition) is 0. The van der Waals surface area contributed by atoms with Gasteiger partial charge in [0.15, 0.2) is 0 Å². The molecule has 0 N–H and O–H groups in total. The Balaban J connectivity index is 1.62. The van der Waals surface area contributed by atoms with E-state index in [9.17, 15) is 19.7 Å². The Kier molecular flexibility index (Phi) is 9.38. The summed E-state index contributed by atoms with van der Waals surface area (Å²) >= 11 is 0. The highest BCUT2D eigenvalue weighted by Crippen LogP contribution is 2.53. The number of rotatable bonds is 11. The van der Waals surface area contributed by atoms with Gasteiger partial charge in [-0.2, -0.15) is 0 Å². The van der Waals surface area contributed by atoms with E-state index in [-0.39, 0.29) is 41.9 Å². The van der Waals surface area contributed by atoms with Crippen molar-refractivity contribution < 1.29 is 24.1 Å². The van der Waals surface area contributed by atoms with E-state index in [1.807, 2.05) is 31.2 Å². The van der Waals surface area contributed by atoms with Crippen molar-refractivity contribution in [1.82, 2.24) is 0 Å². The molecule has 0 aliphatic heterocycles. The summed E-state index contributed by atoms with van der Waals surface area (Å²) in [6, 6.07) is 11.0. The van der Waals surface area contributed by atoms with Crippen molar-refractivity contribution in [3.8, 4) is 11.1 Å². The van der Waals surface area contributed by atoms with E-state index >= 15 is 0 Å². The molecule has 0 aromatic heterocycles. The Labute approximate surface area is 236 Å². The molecule has 1 unspecified atom stereocenters. The van der Waals surface area contributed by atoms with Crippen LogP contribution in [0.2, 0.25) is 0 Å². The van der Waals surface area contributed by atoms with Crippen LogP contribution in [0, 0.1) is 16.0 Å². The fourth-order valence-electron chi connectivity index (χ4n) is 6.39. The molecular formula is C32H40N2O6. The molecule has 0 saturated heterocycles. The maximum Gasteiger partial charge on any atom is 0.334 e. The molecule has 2 aliphatic carbocycles. The summed E-state index contributed by atoms with van der Waals surface area (Å²) in [7, 11) is 0. The van der Waals surface area contributed by atoms with Crippen LogP contribution < -0.4 is 0 Å². The van der Waals surface area contributed by atoms with Gasteiger partial charge in [0.2, 0.25) is 0 Å². The van der Waals surface area contributed by atoms with Gasteiger partial charge in [-0.15, -0.1) is 0 Å². The summed E-state index contributed by atoms with van der Waals surface area (Å²) < 4.78 is 5.78. The summed E-state index contributed by atoms with van der Waals surface area (Å²) in [4.78, 5) is 41.1. The number of oxime groups is 1. The lowest BCUT2D eigenvalue weighted by molar-refractivity contribution is -0.384. The van der Waals surface area contributed by atoms with Crippen LogP contribution in [0.15, 0.2) is 41.6 Å². The standard InChI is InChI=1S/C32H40N2O6/c1-5-30(35)40-33-29(17-18-31(36)39-21(4)22-11-9-8-10-12-22)23-13-15-25-26-16-14-24(34(37)38)20-28(26)32(6-2,7-3)27(25)19-23/h13-16,19-22H,5-12,17-18H2,1-4H3/b33-29-. The summed E-state index contributed by atoms with van der Waals surface area (Å²) in [5.41, 5.74) is 4.97. The van der Waals surface area contributed by atoms with Crippen molar-refractivity contribution in [2.24, 2.45) is 11.1 Å². The summed E-state index contributed by atoms with van der Waals surface area (Å²) in [6.07, 6.45) is 7.74. The molecule has 2 aliphatic rings. The minimum absolute atomic E-state index is 0.0766. The normalized spacial score (nSPS) is 17.1. The molecule has 2 aromatic carbocycles. The van der Waals surface area contributed by atoms with Gasteiger partial charge in [0.05, 0.1) is 17.1 Å². The molecule has 8 nitrogen and oxygen atoms in total. The number of nitrogens with zero attached hydrogens (tertiary/aromatic N) is 2. The van der Waals surface area contributed by atoms with Gasteiger partial charge < -0.3 is 9.57 Å². The lowest BCUT2D eigenvalue weighted by Crippen LogP contribution is -2.26. The van der Waals surface area contributed by atoms with E-state index in [2.05, 4.69) is 19.0 Å². The van der Waals surface area contributed by atoms with E-state index in [1.165, 1.54) is 19.3 Å². The van der Waals surface area contributed by atoms with Gasteiger partial charge in [-0.1, -0.05) is 57.3 Å². The molecule has 2 aromatic rings. The number of hydrogen-bond acceptors (Lipinski definition) is 7. The number of carbonyl (C=O) groups excluding carboxylic acids is 2. The van der Waals surface area contributed by atoms with Gasteiger partial charge in [-0.3, -0.25) is 14.9 Å². The van der Waals surface area contributed by atoms with Crippen LogP contribution in [0.1, 0.15) is 109 Å². The number of fused-ring (bicyclic) bond motifs is 3. The zero-order chi connectivity index (χ0) is 28.9. The first-order valence-corrected chi connectivity index (χ1v) is 14.6. The molecule has 0 bridgehead atoms. The Hall–Kier alpha value is -3.55. The highest BCUT2D eigenvalue weighted by atomic mass is 16.7. The SMILES string of the molecule is CCC(=O)O/N=C(/CCC(=O)OC(C)C1CCCCC1)c1ccc2c(c1)C(CC)(CC)c1cc([N+](=O)[O-])ccc1-2. The number of non-ortho nitro benzene ring substituents is 1. The molecule has 40 heavy (non-hydrogen) atoms. The summed E-state index contributed by atoms with van der Waals surface area (Å²) in [5, 5.41) is 15.7. The molecule has 8 heteroatoms. The monoisotopic (exact) mass is 548 g/mol. The van der Waals surface area contributed by atoms with Crippen LogP contribution in [0.3, 0.4) is 0 Å². The van der Waals surface area contributed by atoms with Crippen molar-refractivity contribution in [3.63, 3.8) is 0 Å². The van der Waals surface area contributed by atoms with Crippen LogP contribution in [0.4, 0.5) is 5.69 Å². The minimum atomic E-state index is -0.455. The molecule has 4 rings (SSSR count). The van der Waals surface area contributed by atoms with Crippen LogP contribution in [0.5, 0.6) is 0 Å². The maximum absolute atomic E-state index is 12.8. The van der Waals surface area contributed by atoms with Crippen LogP contribution in [0.25, 0.3) is 11.1 Å². The van der Waals surface area contributed by atoms with Crippen LogP contribution >= 0.6 is 0 Å². The molecule has 1 atom stereocenters. The fraction of sp³-hybridized carbons (Fsp3) is 0.531. The lowest BCUT2D eigenvalue weighted by Gasteiger charge is -2.29. The van der Waals surface area contributed by atoms with E-state index in [1.54, 1.807) is 19.1 Å². The predicted octanol–water partition coefficient (Wildman–Crippen LogP) is 7.63. The van der Waals surface area contributed by atoms with Gasteiger partial charge >= 0.3 is 11.9 Å². The first-order valence-electron chi connectivity index (χ1n) is 14.6.